The number of alkyl halides is 3. The number of anilines is 1. The van der Waals surface area contributed by atoms with Crippen molar-refractivity contribution >= 4 is 11.7 Å². The van der Waals surface area contributed by atoms with Gasteiger partial charge in [0, 0.05) is 26.2 Å². The molecule has 3 rings (SSSR count). The minimum absolute atomic E-state index is 0.121. The number of nitrogens with zero attached hydrogens (tertiary/aromatic N) is 4. The average molecular weight is 380 g/mol. The molecule has 27 heavy (non-hydrogen) atoms. The summed E-state index contributed by atoms with van der Waals surface area (Å²) in [6.45, 7) is 0.590. The smallest absolute Gasteiger partial charge is 0.378 e. The molecule has 1 aliphatic heterocycles. The first-order valence-electron chi connectivity index (χ1n) is 8.32. The first-order chi connectivity index (χ1) is 12.7. The van der Waals surface area contributed by atoms with Gasteiger partial charge in [0.25, 0.3) is 5.91 Å². The predicted molar refractivity (Wildman–Crippen MR) is 91.9 cm³/mol. The van der Waals surface area contributed by atoms with Crippen LogP contribution in [0.1, 0.15) is 28.5 Å². The third kappa shape index (κ3) is 3.87. The Bertz CT molecular complexity index is 837. The van der Waals surface area contributed by atoms with Crippen molar-refractivity contribution < 1.29 is 23.1 Å². The zero-order valence-corrected chi connectivity index (χ0v) is 14.9. The molecule has 0 fully saturated rings. The van der Waals surface area contributed by atoms with E-state index in [1.165, 1.54) is 11.2 Å². The highest BCUT2D eigenvalue weighted by Crippen LogP contribution is 2.31. The first-order valence-corrected chi connectivity index (χ1v) is 8.32. The summed E-state index contributed by atoms with van der Waals surface area (Å²) in [6.07, 6.45) is -4.03. The number of carbonyl (C=O) groups excluding carboxylic acids is 1. The lowest BCUT2D eigenvalue weighted by molar-refractivity contribution is -0.141. The van der Waals surface area contributed by atoms with Crippen molar-refractivity contribution in [1.29, 1.82) is 0 Å². The summed E-state index contributed by atoms with van der Waals surface area (Å²) in [4.78, 5) is 24.4. The second kappa shape index (κ2) is 7.15. The summed E-state index contributed by atoms with van der Waals surface area (Å²) in [5.41, 5.74) is 0.949. The highest BCUT2D eigenvalue weighted by Gasteiger charge is 2.32. The lowest BCUT2D eigenvalue weighted by Gasteiger charge is -2.31. The largest absolute Gasteiger partial charge is 0.416 e. The maximum absolute atomic E-state index is 12.6. The Hall–Kier alpha value is -2.68. The zero-order chi connectivity index (χ0) is 19.8. The van der Waals surface area contributed by atoms with Crippen LogP contribution in [0.25, 0.3) is 0 Å². The van der Waals surface area contributed by atoms with Crippen LogP contribution in [0.15, 0.2) is 30.6 Å². The van der Waals surface area contributed by atoms with Crippen molar-refractivity contribution in [3.05, 3.63) is 53.0 Å². The Balaban J connectivity index is 1.76. The molecule has 0 radical (unpaired) electrons. The summed E-state index contributed by atoms with van der Waals surface area (Å²) in [7, 11) is 3.74. The molecule has 2 aromatic rings. The van der Waals surface area contributed by atoms with Crippen LogP contribution in [0.5, 0.6) is 0 Å². The van der Waals surface area contributed by atoms with E-state index in [2.05, 4.69) is 9.97 Å². The van der Waals surface area contributed by atoms with Crippen molar-refractivity contribution in [1.82, 2.24) is 14.9 Å². The Morgan fingerprint density at radius 1 is 1.22 bits per heavy atom. The van der Waals surface area contributed by atoms with Gasteiger partial charge in [-0.1, -0.05) is 12.1 Å². The highest BCUT2D eigenvalue weighted by atomic mass is 19.4. The molecule has 0 saturated carbocycles. The Morgan fingerprint density at radius 2 is 1.89 bits per heavy atom. The van der Waals surface area contributed by atoms with Crippen LogP contribution >= 0.6 is 0 Å². The minimum atomic E-state index is -4.46. The summed E-state index contributed by atoms with van der Waals surface area (Å²) >= 11 is 0. The number of aliphatic hydroxyl groups excluding tert-OH is 1. The van der Waals surface area contributed by atoms with Crippen LogP contribution in [0.2, 0.25) is 0 Å². The molecule has 1 unspecified atom stereocenters. The number of rotatable bonds is 3. The zero-order valence-electron chi connectivity index (χ0n) is 14.9. The molecular weight excluding hydrogens is 361 g/mol. The van der Waals surface area contributed by atoms with E-state index >= 15 is 0 Å². The molecule has 6 nitrogen and oxygen atoms in total. The monoisotopic (exact) mass is 380 g/mol. The van der Waals surface area contributed by atoms with Gasteiger partial charge in [0.05, 0.1) is 17.8 Å². The molecular formula is C18H19F3N4O2. The highest BCUT2D eigenvalue weighted by molar-refractivity contribution is 5.82. The molecule has 144 valence electrons. The molecule has 1 aliphatic rings. The summed E-state index contributed by atoms with van der Waals surface area (Å²) < 4.78 is 37.9. The fourth-order valence-corrected chi connectivity index (χ4v) is 3.08. The first kappa shape index (κ1) is 19.1. The number of hydrogen-bond acceptors (Lipinski definition) is 5. The van der Waals surface area contributed by atoms with Gasteiger partial charge in [0.2, 0.25) is 0 Å². The summed E-state index contributed by atoms with van der Waals surface area (Å²) in [5.74, 6) is 0.223. The van der Waals surface area contributed by atoms with Crippen molar-refractivity contribution in [3.8, 4) is 0 Å². The maximum Gasteiger partial charge on any atom is 0.416 e. The number of hydrogen-bond donors (Lipinski definition) is 1. The van der Waals surface area contributed by atoms with Gasteiger partial charge in [-0.05, 0) is 24.1 Å². The number of fused-ring (bicyclic) bond motifs is 1. The van der Waals surface area contributed by atoms with E-state index in [1.54, 1.807) is 0 Å². The average Bonchev–Trinajstić information content (AvgIpc) is 2.65. The summed E-state index contributed by atoms with van der Waals surface area (Å²) in [5, 5.41) is 10.3. The van der Waals surface area contributed by atoms with E-state index in [-0.39, 0.29) is 12.1 Å². The molecule has 0 spiro atoms. The van der Waals surface area contributed by atoms with Crippen molar-refractivity contribution in [2.24, 2.45) is 0 Å². The second-order valence-electron chi connectivity index (χ2n) is 6.55. The van der Waals surface area contributed by atoms with Gasteiger partial charge in [0.15, 0.2) is 6.10 Å². The fraction of sp³-hybridized carbons (Fsp3) is 0.389. The second-order valence-corrected chi connectivity index (χ2v) is 6.55. The van der Waals surface area contributed by atoms with Gasteiger partial charge in [-0.25, -0.2) is 9.97 Å². The van der Waals surface area contributed by atoms with E-state index < -0.39 is 23.8 Å². The van der Waals surface area contributed by atoms with Gasteiger partial charge < -0.3 is 14.9 Å². The molecule has 1 amide bonds. The van der Waals surface area contributed by atoms with Crippen LogP contribution in [0.4, 0.5) is 19.0 Å². The van der Waals surface area contributed by atoms with Gasteiger partial charge in [0.1, 0.15) is 12.1 Å². The van der Waals surface area contributed by atoms with Crippen molar-refractivity contribution in [2.75, 3.05) is 25.5 Å². The Labute approximate surface area is 154 Å². The van der Waals surface area contributed by atoms with Crippen LogP contribution in [0.3, 0.4) is 0 Å². The number of aromatic nitrogens is 2. The van der Waals surface area contributed by atoms with Crippen LogP contribution in [-0.2, 0) is 23.9 Å². The lowest BCUT2D eigenvalue weighted by Crippen LogP contribution is -2.40. The lowest BCUT2D eigenvalue weighted by atomic mass is 10.0. The number of aliphatic hydroxyl groups is 1. The van der Waals surface area contributed by atoms with Crippen molar-refractivity contribution in [3.63, 3.8) is 0 Å². The van der Waals surface area contributed by atoms with E-state index in [9.17, 15) is 23.1 Å². The predicted octanol–water partition coefficient (Wildman–Crippen LogP) is 2.18. The molecule has 1 aromatic carbocycles. The Morgan fingerprint density at radius 3 is 2.48 bits per heavy atom. The molecule has 0 saturated heterocycles. The molecule has 9 heteroatoms. The minimum Gasteiger partial charge on any atom is -0.378 e. The number of benzene rings is 1. The van der Waals surface area contributed by atoms with E-state index in [0.29, 0.717) is 18.7 Å². The number of carbonyl (C=O) groups is 1. The molecule has 0 aliphatic carbocycles. The fourth-order valence-electron chi connectivity index (χ4n) is 3.08. The van der Waals surface area contributed by atoms with Gasteiger partial charge in [-0.2, -0.15) is 13.2 Å². The SMILES string of the molecule is CN(C)c1ncnc2c1CCN(C(=O)C(O)c1ccc(C(F)(F)F)cc1)C2. The van der Waals surface area contributed by atoms with E-state index in [4.69, 9.17) is 0 Å². The third-order valence-electron chi connectivity index (χ3n) is 4.51. The van der Waals surface area contributed by atoms with Gasteiger partial charge in [-0.3, -0.25) is 4.79 Å². The summed E-state index contributed by atoms with van der Waals surface area (Å²) in [6, 6.07) is 3.95. The molecule has 1 aromatic heterocycles. The van der Waals surface area contributed by atoms with Crippen LogP contribution in [0, 0.1) is 0 Å². The maximum atomic E-state index is 12.6. The third-order valence-corrected chi connectivity index (χ3v) is 4.51. The van der Waals surface area contributed by atoms with Crippen LogP contribution < -0.4 is 4.90 Å². The van der Waals surface area contributed by atoms with Gasteiger partial charge in [-0.15, -0.1) is 0 Å². The number of halogens is 3. The molecule has 0 bridgehead atoms. The number of amides is 1. The molecule has 1 atom stereocenters. The normalized spacial score (nSPS) is 15.3. The quantitative estimate of drug-likeness (QED) is 0.884. The van der Waals surface area contributed by atoms with Crippen molar-refractivity contribution in [2.45, 2.75) is 25.2 Å². The standard InChI is InChI=1S/C18H19F3N4O2/c1-24(2)16-13-7-8-25(9-14(13)22-10-23-16)17(27)15(26)11-3-5-12(6-4-11)18(19,20)21/h3-6,10,15,26H,7-9H2,1-2H3. The Kier molecular flexibility index (Phi) is 5.05. The molecule has 1 N–H and O–H groups in total. The van der Waals surface area contributed by atoms with Crippen LogP contribution in [-0.4, -0.2) is 46.5 Å². The topological polar surface area (TPSA) is 69.6 Å². The van der Waals surface area contributed by atoms with Gasteiger partial charge >= 0.3 is 6.18 Å². The molecule has 2 heterocycles. The van der Waals surface area contributed by atoms with E-state index in [1.807, 2.05) is 19.0 Å². The van der Waals surface area contributed by atoms with E-state index in [0.717, 1.165) is 35.6 Å².